The first kappa shape index (κ1) is 20.1. The highest BCUT2D eigenvalue weighted by Gasteiger charge is 2.22. The summed E-state index contributed by atoms with van der Waals surface area (Å²) in [4.78, 5) is 2.39. The summed E-state index contributed by atoms with van der Waals surface area (Å²) >= 11 is 0. The fourth-order valence-electron chi connectivity index (χ4n) is 4.52. The second-order valence-corrected chi connectivity index (χ2v) is 8.23. The van der Waals surface area contributed by atoms with Crippen LogP contribution in [0.15, 0.2) is 97.1 Å². The summed E-state index contributed by atoms with van der Waals surface area (Å²) < 4.78 is 5.57. The van der Waals surface area contributed by atoms with Crippen LogP contribution < -0.4 is 9.64 Å². The van der Waals surface area contributed by atoms with Gasteiger partial charge < -0.3 is 9.64 Å². The third kappa shape index (κ3) is 3.92. The molecule has 0 amide bonds. The molecule has 4 aromatic rings. The van der Waals surface area contributed by atoms with Crippen LogP contribution in [0.4, 0.5) is 11.4 Å². The maximum Gasteiger partial charge on any atom is 0.123 e. The molecule has 1 heterocycles. The molecule has 2 heteroatoms. The van der Waals surface area contributed by atoms with Crippen molar-refractivity contribution in [2.24, 2.45) is 0 Å². The van der Waals surface area contributed by atoms with Crippen molar-refractivity contribution < 1.29 is 4.74 Å². The summed E-state index contributed by atoms with van der Waals surface area (Å²) in [7, 11) is 1.74. The summed E-state index contributed by atoms with van der Waals surface area (Å²) in [5, 5.41) is 0. The Labute approximate surface area is 190 Å². The maximum atomic E-state index is 5.57. The molecule has 0 fully saturated rings. The van der Waals surface area contributed by atoms with Gasteiger partial charge in [0.2, 0.25) is 0 Å². The summed E-state index contributed by atoms with van der Waals surface area (Å²) in [5.74, 6) is 0.950. The lowest BCUT2D eigenvalue weighted by molar-refractivity contribution is 0.412. The summed E-state index contributed by atoms with van der Waals surface area (Å²) in [5.41, 5.74) is 9.92. The summed E-state index contributed by atoms with van der Waals surface area (Å²) in [6, 6.07) is 34.5. The first-order chi connectivity index (χ1) is 15.7. The maximum absolute atomic E-state index is 5.57. The molecule has 0 spiro atoms. The van der Waals surface area contributed by atoms with Gasteiger partial charge in [0, 0.05) is 24.0 Å². The minimum Gasteiger partial charge on any atom is -0.496 e. The number of ether oxygens (including phenoxy) is 1. The predicted molar refractivity (Wildman–Crippen MR) is 135 cm³/mol. The quantitative estimate of drug-likeness (QED) is 0.316. The first-order valence-electron chi connectivity index (χ1n) is 11.1. The van der Waals surface area contributed by atoms with Gasteiger partial charge in [0.1, 0.15) is 5.75 Å². The lowest BCUT2D eigenvalue weighted by Gasteiger charge is -2.21. The van der Waals surface area contributed by atoms with Gasteiger partial charge >= 0.3 is 0 Å². The average Bonchev–Trinajstić information content (AvgIpc) is 3.26. The Balaban J connectivity index is 1.48. The zero-order valence-corrected chi connectivity index (χ0v) is 18.6. The van der Waals surface area contributed by atoms with E-state index >= 15 is 0 Å². The van der Waals surface area contributed by atoms with E-state index in [1.54, 1.807) is 7.11 Å². The monoisotopic (exact) mass is 417 g/mol. The fraction of sp³-hybridized carbons (Fsp3) is 0.133. The van der Waals surface area contributed by atoms with Crippen molar-refractivity contribution in [3.05, 3.63) is 125 Å². The van der Waals surface area contributed by atoms with E-state index in [0.29, 0.717) is 0 Å². The smallest absolute Gasteiger partial charge is 0.123 e. The molecule has 0 bridgehead atoms. The van der Waals surface area contributed by atoms with Crippen molar-refractivity contribution >= 4 is 23.0 Å². The number of methoxy groups -OCH3 is 1. The van der Waals surface area contributed by atoms with Gasteiger partial charge in [-0.3, -0.25) is 0 Å². The van der Waals surface area contributed by atoms with Crippen LogP contribution in [0.1, 0.15) is 27.8 Å². The van der Waals surface area contributed by atoms with E-state index < -0.39 is 0 Å². The Morgan fingerprint density at radius 2 is 1.44 bits per heavy atom. The molecule has 158 valence electrons. The minimum absolute atomic E-state index is 0.950. The Hall–Kier alpha value is -3.78. The Morgan fingerprint density at radius 1 is 0.812 bits per heavy atom. The van der Waals surface area contributed by atoms with E-state index in [2.05, 4.69) is 115 Å². The van der Waals surface area contributed by atoms with Crippen molar-refractivity contribution in [2.45, 2.75) is 13.3 Å². The third-order valence-electron chi connectivity index (χ3n) is 6.18. The molecule has 0 aromatic heterocycles. The molecule has 0 N–H and O–H groups in total. The van der Waals surface area contributed by atoms with Crippen molar-refractivity contribution in [1.82, 2.24) is 0 Å². The molecule has 32 heavy (non-hydrogen) atoms. The highest BCUT2D eigenvalue weighted by atomic mass is 16.5. The normalized spacial score (nSPS) is 12.4. The van der Waals surface area contributed by atoms with Crippen LogP contribution in [-0.2, 0) is 6.42 Å². The van der Waals surface area contributed by atoms with Crippen LogP contribution in [0.2, 0.25) is 0 Å². The highest BCUT2D eigenvalue weighted by molar-refractivity contribution is 5.91. The number of nitrogens with zero attached hydrogens (tertiary/aromatic N) is 1. The van der Waals surface area contributed by atoms with E-state index in [0.717, 1.165) is 18.7 Å². The van der Waals surface area contributed by atoms with Crippen molar-refractivity contribution in [1.29, 1.82) is 0 Å². The fourth-order valence-corrected chi connectivity index (χ4v) is 4.52. The summed E-state index contributed by atoms with van der Waals surface area (Å²) in [6.07, 6.45) is 3.34. The molecule has 1 aliphatic heterocycles. The zero-order chi connectivity index (χ0) is 21.9. The van der Waals surface area contributed by atoms with Crippen LogP contribution in [0.25, 0.3) is 11.6 Å². The van der Waals surface area contributed by atoms with Crippen LogP contribution in [-0.4, -0.2) is 13.7 Å². The Kier molecular flexibility index (Phi) is 5.51. The van der Waals surface area contributed by atoms with Crippen LogP contribution in [0.3, 0.4) is 0 Å². The van der Waals surface area contributed by atoms with Crippen LogP contribution in [0, 0.1) is 6.92 Å². The van der Waals surface area contributed by atoms with Crippen molar-refractivity contribution in [2.75, 3.05) is 18.6 Å². The molecule has 5 rings (SSSR count). The lowest BCUT2D eigenvalue weighted by atomic mass is 9.96. The van der Waals surface area contributed by atoms with Gasteiger partial charge in [-0.2, -0.15) is 0 Å². The van der Waals surface area contributed by atoms with E-state index in [-0.39, 0.29) is 0 Å². The molecule has 0 saturated heterocycles. The molecular weight excluding hydrogens is 390 g/mol. The van der Waals surface area contributed by atoms with Crippen LogP contribution in [0.5, 0.6) is 5.75 Å². The topological polar surface area (TPSA) is 12.5 Å². The largest absolute Gasteiger partial charge is 0.496 e. The van der Waals surface area contributed by atoms with Gasteiger partial charge in [0.25, 0.3) is 0 Å². The first-order valence-corrected chi connectivity index (χ1v) is 11.1. The van der Waals surface area contributed by atoms with Crippen LogP contribution >= 0.6 is 0 Å². The third-order valence-corrected chi connectivity index (χ3v) is 6.18. The minimum atomic E-state index is 0.950. The number of fused-ring (bicyclic) bond motifs is 1. The van der Waals surface area contributed by atoms with Crippen molar-refractivity contribution in [3.63, 3.8) is 0 Å². The van der Waals surface area contributed by atoms with Gasteiger partial charge in [0.15, 0.2) is 0 Å². The number of benzene rings is 4. The highest BCUT2D eigenvalue weighted by Crippen LogP contribution is 2.39. The van der Waals surface area contributed by atoms with Gasteiger partial charge in [-0.1, -0.05) is 78.9 Å². The van der Waals surface area contributed by atoms with Crippen molar-refractivity contribution in [3.8, 4) is 5.75 Å². The second-order valence-electron chi connectivity index (χ2n) is 8.23. The van der Waals surface area contributed by atoms with Gasteiger partial charge in [-0.25, -0.2) is 0 Å². The van der Waals surface area contributed by atoms with Gasteiger partial charge in [-0.15, -0.1) is 0 Å². The zero-order valence-electron chi connectivity index (χ0n) is 18.6. The molecule has 0 saturated carbocycles. The number of rotatable bonds is 5. The summed E-state index contributed by atoms with van der Waals surface area (Å²) in [6.45, 7) is 3.11. The standard InChI is InChI=1S/C30H27NO/c1-22-19-26-17-18-31(29(26)21-30(22)32-2)27-15-13-23(14-16-27)20-28(24-9-5-3-6-10-24)25-11-7-4-8-12-25/h3-16,19-21H,17-18H2,1-2H3. The molecular formula is C30H27NO. The SMILES string of the molecule is COc1cc2c(cc1C)CCN2c1ccc(C=C(c2ccccc2)c2ccccc2)cc1. The predicted octanol–water partition coefficient (Wildman–Crippen LogP) is 7.29. The number of hydrogen-bond acceptors (Lipinski definition) is 2. The molecule has 0 radical (unpaired) electrons. The molecule has 0 aliphatic carbocycles. The van der Waals surface area contributed by atoms with E-state index in [4.69, 9.17) is 4.74 Å². The molecule has 0 unspecified atom stereocenters. The Bertz CT molecular complexity index is 1200. The van der Waals surface area contributed by atoms with E-state index in [1.165, 1.54) is 44.8 Å². The average molecular weight is 418 g/mol. The molecule has 2 nitrogen and oxygen atoms in total. The Morgan fingerprint density at radius 3 is 2.03 bits per heavy atom. The van der Waals surface area contributed by atoms with E-state index in [1.807, 2.05) is 0 Å². The lowest BCUT2D eigenvalue weighted by Crippen LogP contribution is -2.13. The molecule has 1 aliphatic rings. The molecule has 4 aromatic carbocycles. The number of hydrogen-bond donors (Lipinski definition) is 0. The number of aryl methyl sites for hydroxylation is 1. The van der Waals surface area contributed by atoms with E-state index in [9.17, 15) is 0 Å². The van der Waals surface area contributed by atoms with Gasteiger partial charge in [0.05, 0.1) is 7.11 Å². The van der Waals surface area contributed by atoms with Gasteiger partial charge in [-0.05, 0) is 64.9 Å². The molecule has 0 atom stereocenters. The second kappa shape index (κ2) is 8.76. The number of anilines is 2.